The van der Waals surface area contributed by atoms with E-state index in [1.54, 1.807) is 13.0 Å². The van der Waals surface area contributed by atoms with E-state index in [2.05, 4.69) is 31.1 Å². The molecule has 18 heteroatoms. The van der Waals surface area contributed by atoms with E-state index in [0.717, 1.165) is 16.7 Å². The van der Waals surface area contributed by atoms with Crippen molar-refractivity contribution in [1.29, 1.82) is 0 Å². The van der Waals surface area contributed by atoms with Crippen LogP contribution in [0.15, 0.2) is 44.4 Å². The van der Waals surface area contributed by atoms with Gasteiger partial charge < -0.3 is 30.1 Å². The number of nitrogens with two attached hydrogens (primary N) is 1. The van der Waals surface area contributed by atoms with E-state index in [-0.39, 0.29) is 42.4 Å². The fourth-order valence-electron chi connectivity index (χ4n) is 4.03. The van der Waals surface area contributed by atoms with Gasteiger partial charge >= 0.3 is 5.97 Å². The Morgan fingerprint density at radius 3 is 2.87 bits per heavy atom. The Morgan fingerprint density at radius 1 is 1.49 bits per heavy atom. The Hall–Kier alpha value is -3.90. The molecule has 16 nitrogen and oxygen atoms in total. The molecule has 2 aliphatic heterocycles. The van der Waals surface area contributed by atoms with Gasteiger partial charge in [0.25, 0.3) is 17.5 Å². The number of hydrogen-bond acceptors (Lipinski definition) is 13. The molecule has 1 unspecified atom stereocenters. The highest BCUT2D eigenvalue weighted by molar-refractivity contribution is 8.01. The Kier molecular flexibility index (Phi) is 8.56. The highest BCUT2D eigenvalue weighted by Gasteiger charge is 2.67. The molecule has 3 atom stereocenters. The summed E-state index contributed by atoms with van der Waals surface area (Å²) in [5.41, 5.74) is 3.29. The third-order valence-electron chi connectivity index (χ3n) is 5.76. The van der Waals surface area contributed by atoms with Gasteiger partial charge in [0.05, 0.1) is 6.26 Å². The van der Waals surface area contributed by atoms with Gasteiger partial charge in [-0.15, -0.1) is 16.9 Å². The van der Waals surface area contributed by atoms with Crippen molar-refractivity contribution >= 4 is 52.9 Å². The Morgan fingerprint density at radius 2 is 2.28 bits per heavy atom. The zero-order valence-corrected chi connectivity index (χ0v) is 22.3. The van der Waals surface area contributed by atoms with Crippen molar-refractivity contribution < 1.29 is 38.3 Å². The number of furan rings is 1. The van der Waals surface area contributed by atoms with E-state index >= 15 is 0 Å². The molecule has 0 bridgehead atoms. The number of carbonyl (C=O) groups excluding carboxylic acids is 3. The summed E-state index contributed by atoms with van der Waals surface area (Å²) in [5.74, 6) is -3.34. The van der Waals surface area contributed by atoms with Gasteiger partial charge in [0.15, 0.2) is 5.76 Å². The second kappa shape index (κ2) is 11.9. The number of aromatic nitrogens is 4. The van der Waals surface area contributed by atoms with Crippen molar-refractivity contribution in [2.75, 3.05) is 19.5 Å². The number of primary amides is 1. The van der Waals surface area contributed by atoms with Crippen molar-refractivity contribution in [3.8, 4) is 0 Å². The van der Waals surface area contributed by atoms with Crippen molar-refractivity contribution in [3.05, 3.63) is 35.4 Å². The number of ether oxygens (including phenoxy) is 1. The number of oxime groups is 1. The van der Waals surface area contributed by atoms with E-state index in [1.807, 2.05) is 0 Å². The number of aliphatic carboxylic acids is 1. The number of nitrogens with zero attached hydrogens (tertiary/aromatic N) is 5. The smallest absolute Gasteiger partial charge is 0.352 e. The van der Waals surface area contributed by atoms with Crippen molar-refractivity contribution in [1.82, 2.24) is 30.8 Å². The lowest BCUT2D eigenvalue weighted by Crippen LogP contribution is -2.81. The summed E-state index contributed by atoms with van der Waals surface area (Å²) < 4.78 is 10.8. The van der Waals surface area contributed by atoms with Gasteiger partial charge in [-0.3, -0.25) is 19.3 Å². The molecule has 39 heavy (non-hydrogen) atoms. The SMILES string of the molecule is CCON=C(C(=O)N[C@]1(OC)C(=O)N2C(C(=O)O)=C(C(CCC(N)=O)Sc3nnn[nH]3)CS[C@H]21)c1ccco1. The number of β-lactam (4-membered cyclic amide) rings is 1. The van der Waals surface area contributed by atoms with Gasteiger partial charge in [0, 0.05) is 24.5 Å². The molecule has 0 saturated carbocycles. The number of tetrazole rings is 1. The number of carboxylic acids is 1. The predicted molar refractivity (Wildman–Crippen MR) is 135 cm³/mol. The van der Waals surface area contributed by atoms with E-state index in [9.17, 15) is 24.3 Å². The second-order valence-corrected chi connectivity index (χ2v) is 10.3. The van der Waals surface area contributed by atoms with E-state index in [0.29, 0.717) is 10.7 Å². The number of carboxylic acid groups (broad SMARTS) is 1. The number of rotatable bonds is 13. The van der Waals surface area contributed by atoms with Crippen LogP contribution in [0, 0.1) is 0 Å². The van der Waals surface area contributed by atoms with E-state index in [1.165, 1.54) is 31.2 Å². The van der Waals surface area contributed by atoms with Crippen LogP contribution in [0.25, 0.3) is 0 Å². The number of nitrogens with one attached hydrogen (secondary N) is 2. The Balaban J connectivity index is 1.65. The number of methoxy groups -OCH3 is 1. The number of hydrogen-bond donors (Lipinski definition) is 4. The minimum Gasteiger partial charge on any atom is -0.477 e. The maximum absolute atomic E-state index is 13.5. The van der Waals surface area contributed by atoms with Crippen LogP contribution in [-0.4, -0.2) is 95.9 Å². The summed E-state index contributed by atoms with van der Waals surface area (Å²) in [6, 6.07) is 3.04. The fourth-order valence-corrected chi connectivity index (χ4v) is 6.67. The molecule has 0 aliphatic carbocycles. The Bertz CT molecular complexity index is 1300. The summed E-state index contributed by atoms with van der Waals surface area (Å²) >= 11 is 2.29. The third kappa shape index (κ3) is 5.48. The standard InChI is InChI=1S/C21H24N8O8S2/c1-3-37-26-14(11-5-4-8-36-11)16(31)23-21(35-2)18(34)29-15(17(32)33)10(9-38-19(21)29)12(6-7-13(22)30)39-20-24-27-28-25-20/h4-5,8,12,19H,3,6-7,9H2,1-2H3,(H2,22,30)(H,23,31)(H,32,33)(H,24,25,27,28)/t12?,19-,21-/m0/s1. The maximum atomic E-state index is 13.5. The van der Waals surface area contributed by atoms with Crippen LogP contribution in [0.2, 0.25) is 0 Å². The summed E-state index contributed by atoms with van der Waals surface area (Å²) in [6.07, 6.45) is 1.48. The normalized spacial score (nSPS) is 21.7. The van der Waals surface area contributed by atoms with Crippen LogP contribution in [0.5, 0.6) is 0 Å². The van der Waals surface area contributed by atoms with Crippen molar-refractivity contribution in [2.45, 2.75) is 41.3 Å². The largest absolute Gasteiger partial charge is 0.477 e. The summed E-state index contributed by atoms with van der Waals surface area (Å²) in [5, 5.41) is 28.7. The first kappa shape index (κ1) is 28.1. The number of thioether (sulfide) groups is 2. The van der Waals surface area contributed by atoms with Gasteiger partial charge in [-0.1, -0.05) is 16.9 Å². The van der Waals surface area contributed by atoms with Crippen molar-refractivity contribution in [2.24, 2.45) is 10.9 Å². The maximum Gasteiger partial charge on any atom is 0.352 e. The topological polar surface area (TPSA) is 228 Å². The van der Waals surface area contributed by atoms with Gasteiger partial charge in [-0.05, 0) is 41.5 Å². The first-order valence-corrected chi connectivity index (χ1v) is 13.4. The van der Waals surface area contributed by atoms with Gasteiger partial charge in [-0.2, -0.15) is 0 Å². The number of fused-ring (bicyclic) bond motifs is 1. The lowest BCUT2D eigenvalue weighted by Gasteiger charge is -2.56. The predicted octanol–water partition coefficient (Wildman–Crippen LogP) is -0.328. The van der Waals surface area contributed by atoms with Crippen LogP contribution in [-0.2, 0) is 28.8 Å². The highest BCUT2D eigenvalue weighted by Crippen LogP contribution is 2.49. The number of carbonyl (C=O) groups is 4. The summed E-state index contributed by atoms with van der Waals surface area (Å²) in [6.45, 7) is 1.85. The van der Waals surface area contributed by atoms with Gasteiger partial charge in [0.1, 0.15) is 17.7 Å². The van der Waals surface area contributed by atoms with Crippen LogP contribution < -0.4 is 11.1 Å². The molecule has 0 aromatic carbocycles. The molecule has 2 aromatic heterocycles. The summed E-state index contributed by atoms with van der Waals surface area (Å²) in [7, 11) is 1.23. The number of H-pyrrole nitrogens is 1. The average Bonchev–Trinajstić information content (AvgIpc) is 3.63. The van der Waals surface area contributed by atoms with Crippen molar-refractivity contribution in [3.63, 3.8) is 0 Å². The van der Waals surface area contributed by atoms with Crippen LogP contribution in [0.3, 0.4) is 0 Å². The molecule has 2 aromatic rings. The first-order chi connectivity index (χ1) is 18.7. The molecule has 5 N–H and O–H groups in total. The lowest BCUT2D eigenvalue weighted by molar-refractivity contribution is -0.191. The number of amides is 3. The quantitative estimate of drug-likeness (QED) is 0.0783. The van der Waals surface area contributed by atoms with Crippen LogP contribution in [0.4, 0.5) is 0 Å². The molecule has 0 radical (unpaired) electrons. The molecule has 4 rings (SSSR count). The molecular weight excluding hydrogens is 556 g/mol. The molecule has 1 fully saturated rings. The third-order valence-corrected chi connectivity index (χ3v) is 8.30. The average molecular weight is 581 g/mol. The summed E-state index contributed by atoms with van der Waals surface area (Å²) in [4.78, 5) is 56.8. The molecule has 3 amide bonds. The molecule has 0 spiro atoms. The molecular formula is C21H24N8O8S2. The van der Waals surface area contributed by atoms with Gasteiger partial charge in [-0.25, -0.2) is 9.89 Å². The van der Waals surface area contributed by atoms with Crippen LogP contribution >= 0.6 is 23.5 Å². The molecule has 2 aliphatic rings. The number of aromatic amines is 1. The van der Waals surface area contributed by atoms with Gasteiger partial charge in [0.2, 0.25) is 16.8 Å². The zero-order chi connectivity index (χ0) is 28.2. The minimum atomic E-state index is -1.89. The molecule has 208 valence electrons. The molecule has 1 saturated heterocycles. The van der Waals surface area contributed by atoms with E-state index < -0.39 is 40.0 Å². The highest BCUT2D eigenvalue weighted by atomic mass is 32.2. The van der Waals surface area contributed by atoms with E-state index in [4.69, 9.17) is 19.7 Å². The lowest BCUT2D eigenvalue weighted by atomic mass is 9.96. The van der Waals surface area contributed by atoms with Crippen LogP contribution in [0.1, 0.15) is 25.5 Å². The first-order valence-electron chi connectivity index (χ1n) is 11.4. The zero-order valence-electron chi connectivity index (χ0n) is 20.7. The monoisotopic (exact) mass is 580 g/mol. The minimum absolute atomic E-state index is 0.0372. The fraction of sp³-hybridized carbons (Fsp3) is 0.429. The molecule has 4 heterocycles. The Labute approximate surface area is 229 Å². The second-order valence-electron chi connectivity index (χ2n) is 8.06.